The van der Waals surface area contributed by atoms with Crippen molar-refractivity contribution < 1.29 is 35.9 Å². The normalized spacial score (nSPS) is 20.7. The van der Waals surface area contributed by atoms with E-state index in [1.54, 1.807) is 14.2 Å². The van der Waals surface area contributed by atoms with E-state index in [9.17, 15) is 26.4 Å². The lowest BCUT2D eigenvalue weighted by molar-refractivity contribution is 0.00903. The summed E-state index contributed by atoms with van der Waals surface area (Å²) in [5.41, 5.74) is 0.399. The van der Waals surface area contributed by atoms with Crippen molar-refractivity contribution in [2.24, 2.45) is 5.92 Å². The predicted octanol–water partition coefficient (Wildman–Crippen LogP) is 4.91. The van der Waals surface area contributed by atoms with Crippen molar-refractivity contribution in [3.63, 3.8) is 0 Å². The van der Waals surface area contributed by atoms with Gasteiger partial charge >= 0.3 is 0 Å². The van der Waals surface area contributed by atoms with Crippen LogP contribution in [0.5, 0.6) is 5.75 Å². The van der Waals surface area contributed by atoms with Gasteiger partial charge in [-0.05, 0) is 67.4 Å². The number of sulfonamides is 1. The van der Waals surface area contributed by atoms with Gasteiger partial charge in [0, 0.05) is 51.1 Å². The van der Waals surface area contributed by atoms with Gasteiger partial charge in [-0.15, -0.1) is 0 Å². The average molecular weight is 606 g/mol. The smallest absolute Gasteiger partial charge is 0.261 e. The van der Waals surface area contributed by atoms with Gasteiger partial charge in [0.1, 0.15) is 29.8 Å². The molecule has 1 heterocycles. The molecule has 0 fully saturated rings. The van der Waals surface area contributed by atoms with Crippen molar-refractivity contribution in [2.75, 3.05) is 38.6 Å². The van der Waals surface area contributed by atoms with E-state index < -0.39 is 39.5 Å². The molecular weight excluding hydrogens is 571 g/mol. The molecule has 3 aromatic rings. The second kappa shape index (κ2) is 13.1. The number of hydrogen-bond donors (Lipinski definition) is 1. The van der Waals surface area contributed by atoms with E-state index in [1.807, 2.05) is 18.7 Å². The Morgan fingerprint density at radius 2 is 1.74 bits per heavy atom. The van der Waals surface area contributed by atoms with Gasteiger partial charge in [-0.1, -0.05) is 13.0 Å². The van der Waals surface area contributed by atoms with E-state index in [2.05, 4.69) is 4.72 Å². The molecule has 1 N–H and O–H groups in total. The van der Waals surface area contributed by atoms with Crippen LogP contribution in [-0.4, -0.2) is 70.1 Å². The highest BCUT2D eigenvalue weighted by molar-refractivity contribution is 7.92. The van der Waals surface area contributed by atoms with Crippen LogP contribution in [0.25, 0.3) is 0 Å². The zero-order valence-corrected chi connectivity index (χ0v) is 24.6. The zero-order chi connectivity index (χ0) is 30.6. The molecule has 0 unspecified atom stereocenters. The number of fused-ring (bicyclic) bond motifs is 1. The monoisotopic (exact) mass is 605 g/mol. The molecule has 42 heavy (non-hydrogen) atoms. The summed E-state index contributed by atoms with van der Waals surface area (Å²) in [7, 11) is -1.00. The second-order valence-electron chi connectivity index (χ2n) is 10.5. The number of rotatable bonds is 6. The van der Waals surface area contributed by atoms with Crippen LogP contribution in [-0.2, 0) is 21.3 Å². The van der Waals surface area contributed by atoms with E-state index in [0.29, 0.717) is 6.54 Å². The number of halogens is 3. The predicted molar refractivity (Wildman–Crippen MR) is 152 cm³/mol. The first-order valence-electron chi connectivity index (χ1n) is 13.4. The van der Waals surface area contributed by atoms with E-state index in [-0.39, 0.29) is 59.1 Å². The molecule has 0 radical (unpaired) electrons. The number of carbonyl (C=O) groups excluding carboxylic acids is 1. The molecule has 4 rings (SSSR count). The lowest BCUT2D eigenvalue weighted by Crippen LogP contribution is -2.46. The highest BCUT2D eigenvalue weighted by Gasteiger charge is 2.29. The Morgan fingerprint density at radius 1 is 1.00 bits per heavy atom. The minimum atomic E-state index is -4.15. The molecule has 3 atom stereocenters. The van der Waals surface area contributed by atoms with Crippen LogP contribution in [0.15, 0.2) is 65.6 Å². The molecule has 0 saturated heterocycles. The highest BCUT2D eigenvalue weighted by atomic mass is 32.2. The quantitative estimate of drug-likeness (QED) is 0.430. The topological polar surface area (TPSA) is 88.2 Å². The summed E-state index contributed by atoms with van der Waals surface area (Å²) in [6.45, 7) is 4.71. The van der Waals surface area contributed by atoms with Crippen molar-refractivity contribution in [3.8, 4) is 5.75 Å². The summed E-state index contributed by atoms with van der Waals surface area (Å²) in [6, 6.07) is 11.9. The van der Waals surface area contributed by atoms with Gasteiger partial charge in [-0.2, -0.15) is 0 Å². The Kier molecular flexibility index (Phi) is 9.80. The molecule has 0 aliphatic carbocycles. The fourth-order valence-corrected chi connectivity index (χ4v) is 5.95. The van der Waals surface area contributed by atoms with Crippen molar-refractivity contribution in [2.45, 2.75) is 37.4 Å². The van der Waals surface area contributed by atoms with E-state index >= 15 is 0 Å². The zero-order valence-electron chi connectivity index (χ0n) is 23.8. The number of benzene rings is 3. The Labute approximate surface area is 244 Å². The number of nitrogens with zero attached hydrogens (tertiary/aromatic N) is 2. The molecule has 0 aromatic heterocycles. The number of hydrogen-bond acceptors (Lipinski definition) is 6. The number of anilines is 1. The summed E-state index contributed by atoms with van der Waals surface area (Å²) in [4.78, 5) is 16.7. The first kappa shape index (κ1) is 31.3. The van der Waals surface area contributed by atoms with E-state index in [1.165, 1.54) is 41.3 Å². The Bertz CT molecular complexity index is 1540. The second-order valence-corrected chi connectivity index (χ2v) is 12.2. The van der Waals surface area contributed by atoms with Crippen LogP contribution in [0.2, 0.25) is 0 Å². The molecule has 0 bridgehead atoms. The van der Waals surface area contributed by atoms with Gasteiger partial charge in [-0.3, -0.25) is 14.4 Å². The van der Waals surface area contributed by atoms with Gasteiger partial charge in [0.05, 0.1) is 16.6 Å². The maximum absolute atomic E-state index is 14.6. The number of nitrogens with one attached hydrogen (secondary N) is 1. The Balaban J connectivity index is 1.67. The van der Waals surface area contributed by atoms with Crippen LogP contribution in [0.4, 0.5) is 18.9 Å². The van der Waals surface area contributed by atoms with Crippen LogP contribution in [0.1, 0.15) is 29.8 Å². The summed E-state index contributed by atoms with van der Waals surface area (Å²) >= 11 is 0. The number of ether oxygens (including phenoxy) is 2. The van der Waals surface area contributed by atoms with Crippen molar-refractivity contribution >= 4 is 21.6 Å². The van der Waals surface area contributed by atoms with Gasteiger partial charge in [0.2, 0.25) is 0 Å². The summed E-state index contributed by atoms with van der Waals surface area (Å²) in [6.07, 6.45) is -0.399. The largest absolute Gasteiger partial charge is 0.491 e. The van der Waals surface area contributed by atoms with Crippen LogP contribution >= 0.6 is 0 Å². The molecule has 8 nitrogen and oxygen atoms in total. The molecule has 0 spiro atoms. The fraction of sp³-hybridized carbons (Fsp3) is 0.367. The molecule has 1 amide bonds. The average Bonchev–Trinajstić information content (AvgIpc) is 2.95. The third-order valence-corrected chi connectivity index (χ3v) is 8.69. The van der Waals surface area contributed by atoms with Gasteiger partial charge in [0.25, 0.3) is 15.9 Å². The Morgan fingerprint density at radius 3 is 2.45 bits per heavy atom. The van der Waals surface area contributed by atoms with Gasteiger partial charge in [0.15, 0.2) is 0 Å². The summed E-state index contributed by atoms with van der Waals surface area (Å²) < 4.78 is 82.1. The first-order valence-corrected chi connectivity index (χ1v) is 14.9. The molecule has 12 heteroatoms. The van der Waals surface area contributed by atoms with Crippen molar-refractivity contribution in [3.05, 3.63) is 89.2 Å². The number of amides is 1. The van der Waals surface area contributed by atoms with Crippen LogP contribution < -0.4 is 9.46 Å². The van der Waals surface area contributed by atoms with Gasteiger partial charge < -0.3 is 14.4 Å². The third-order valence-electron chi connectivity index (χ3n) is 7.31. The molecule has 226 valence electrons. The van der Waals surface area contributed by atoms with E-state index in [4.69, 9.17) is 9.47 Å². The molecule has 0 saturated carbocycles. The minimum Gasteiger partial charge on any atom is -0.491 e. The molecule has 1 aliphatic heterocycles. The third kappa shape index (κ3) is 7.42. The maximum Gasteiger partial charge on any atom is 0.261 e. The van der Waals surface area contributed by atoms with Gasteiger partial charge in [-0.25, -0.2) is 21.6 Å². The Hall–Kier alpha value is -3.61. The highest BCUT2D eigenvalue weighted by Crippen LogP contribution is 2.28. The number of likely N-dealkylation sites (N-methyl/N-ethyl adjacent to an activating group) is 1. The van der Waals surface area contributed by atoms with Crippen molar-refractivity contribution in [1.82, 2.24) is 9.80 Å². The first-order chi connectivity index (χ1) is 19.9. The fourth-order valence-electron chi connectivity index (χ4n) is 4.87. The lowest BCUT2D eigenvalue weighted by atomic mass is 10.0. The van der Waals surface area contributed by atoms with Crippen LogP contribution in [0, 0.1) is 23.4 Å². The van der Waals surface area contributed by atoms with E-state index in [0.717, 1.165) is 24.3 Å². The standard InChI is InChI=1S/C30H34F3N3O5S/c1-19-15-36(16-21-12-23(32)8-10-27(21)33)20(2)18-41-28-11-9-24(14-26(28)30(37)35(3)17-29(19)40-4)34-42(38,39)25-7-5-6-22(31)13-25/h5-14,19-20,29,34H,15-18H2,1-4H3/t19-,20+,29+/m1/s1. The molecular formula is C30H34F3N3O5S. The number of methoxy groups -OCH3 is 1. The van der Waals surface area contributed by atoms with Crippen molar-refractivity contribution in [1.29, 1.82) is 0 Å². The lowest BCUT2D eigenvalue weighted by Gasteiger charge is -2.36. The molecule has 1 aliphatic rings. The van der Waals surface area contributed by atoms with Crippen LogP contribution in [0.3, 0.4) is 0 Å². The molecule has 3 aromatic carbocycles. The SMILES string of the molecule is CO[C@H]1CN(C)C(=O)c2cc(NS(=O)(=O)c3cccc(F)c3)ccc2OC[C@H](C)N(Cc2cc(F)ccc2F)C[C@H]1C. The maximum atomic E-state index is 14.6. The minimum absolute atomic E-state index is 0.0865. The number of carbonyl (C=O) groups is 1. The summed E-state index contributed by atoms with van der Waals surface area (Å²) in [5.74, 6) is -2.08. The summed E-state index contributed by atoms with van der Waals surface area (Å²) in [5, 5.41) is 0.